The van der Waals surface area contributed by atoms with E-state index in [2.05, 4.69) is 30.4 Å². The van der Waals surface area contributed by atoms with Gasteiger partial charge in [0.2, 0.25) is 0 Å². The van der Waals surface area contributed by atoms with Gasteiger partial charge in [-0.15, -0.1) is 0 Å². The van der Waals surface area contributed by atoms with Crippen molar-refractivity contribution < 1.29 is 23.3 Å². The zero-order chi connectivity index (χ0) is 40.1. The molecule has 2 aromatic heterocycles. The molecule has 4 aromatic carbocycles. The molecule has 2 fully saturated rings. The summed E-state index contributed by atoms with van der Waals surface area (Å²) in [7, 11) is 0. The normalized spacial score (nSPS) is 14.9. The van der Waals surface area contributed by atoms with Gasteiger partial charge in [-0.25, -0.2) is 18.7 Å². The molecule has 8 rings (SSSR count). The van der Waals surface area contributed by atoms with Crippen LogP contribution >= 0.6 is 23.2 Å². The first-order valence-corrected chi connectivity index (χ1v) is 19.2. The fraction of sp³-hybridized carbons (Fsp3) is 0.238. The lowest BCUT2D eigenvalue weighted by atomic mass is 10.0. The third-order valence-electron chi connectivity index (χ3n) is 10.2. The second-order valence-electron chi connectivity index (χ2n) is 13.9. The van der Waals surface area contributed by atoms with E-state index in [4.69, 9.17) is 23.2 Å². The standard InChI is InChI=1S/C21H18ClF2N3O.C21H19ClN4O3/c22-14-1-3-17-13(11-14)5-8-25-20(17)27-9-6-16(7-10-27)26-21(28)18-12-15(23)2-4-19(18)24;22-16-4-5-19-14(12-16)6-9-23-20(19)25-10-7-17(8-11-25)24-21(27)15-2-1-3-18(13-15)26(28)29/h1-5,8,11-12,16H,6-7,9-10H2,(H,26,28);1-6,9,12-13,17H,7-8,10-11H2,(H,24,27). The Morgan fingerprint density at radius 3 is 1.74 bits per heavy atom. The third-order valence-corrected chi connectivity index (χ3v) is 10.6. The Hall–Kier alpha value is -5.92. The molecule has 2 N–H and O–H groups in total. The Bertz CT molecular complexity index is 2460. The first kappa shape index (κ1) is 39.3. The van der Waals surface area contributed by atoms with Gasteiger partial charge in [-0.3, -0.25) is 19.7 Å². The van der Waals surface area contributed by atoms with Crippen LogP contribution in [0.15, 0.2) is 103 Å². The maximum atomic E-state index is 13.8. The number of amides is 2. The van der Waals surface area contributed by atoms with Crippen molar-refractivity contribution in [3.05, 3.63) is 146 Å². The number of pyridine rings is 2. The number of non-ortho nitro benzene ring substituents is 1. The molecule has 15 heteroatoms. The minimum absolute atomic E-state index is 0.0161. The van der Waals surface area contributed by atoms with E-state index in [0.717, 1.165) is 77.3 Å². The molecular weight excluding hydrogens is 775 g/mol. The number of carbonyl (C=O) groups is 2. The van der Waals surface area contributed by atoms with Gasteiger partial charge in [-0.2, -0.15) is 0 Å². The van der Waals surface area contributed by atoms with Crippen LogP contribution in [-0.2, 0) is 0 Å². The first-order chi connectivity index (χ1) is 27.5. The van der Waals surface area contributed by atoms with Gasteiger partial charge in [0.1, 0.15) is 23.3 Å². The SMILES string of the molecule is O=C(NC1CCN(c2nccc3cc(Cl)ccc23)CC1)c1cc(F)ccc1F.O=C(NC1CCN(c2nccc3cc(Cl)ccc23)CC1)c1cccc([N+](=O)[O-])c1. The molecule has 4 heterocycles. The van der Waals surface area contributed by atoms with E-state index in [1.54, 1.807) is 18.5 Å². The number of hydrogen-bond acceptors (Lipinski definition) is 8. The minimum Gasteiger partial charge on any atom is -0.356 e. The molecule has 292 valence electrons. The number of halogens is 4. The Kier molecular flexibility index (Phi) is 12.1. The summed E-state index contributed by atoms with van der Waals surface area (Å²) >= 11 is 12.2. The molecule has 57 heavy (non-hydrogen) atoms. The number of rotatable bonds is 7. The number of piperidine rings is 2. The molecule has 11 nitrogen and oxygen atoms in total. The molecule has 0 bridgehead atoms. The molecular formula is C42H37Cl2F2N7O4. The summed E-state index contributed by atoms with van der Waals surface area (Å²) in [5.41, 5.74) is -0.0566. The van der Waals surface area contributed by atoms with Crippen molar-refractivity contribution >= 4 is 73.9 Å². The number of fused-ring (bicyclic) bond motifs is 2. The van der Waals surface area contributed by atoms with E-state index >= 15 is 0 Å². The highest BCUT2D eigenvalue weighted by molar-refractivity contribution is 6.31. The van der Waals surface area contributed by atoms with Gasteiger partial charge in [0.25, 0.3) is 17.5 Å². The van der Waals surface area contributed by atoms with E-state index in [-0.39, 0.29) is 29.2 Å². The van der Waals surface area contributed by atoms with Crippen molar-refractivity contribution in [3.8, 4) is 0 Å². The molecule has 0 aliphatic carbocycles. The summed E-state index contributed by atoms with van der Waals surface area (Å²) in [5, 5.41) is 22.2. The Labute approximate surface area is 336 Å². The van der Waals surface area contributed by atoms with E-state index in [1.807, 2.05) is 48.5 Å². The van der Waals surface area contributed by atoms with E-state index in [9.17, 15) is 28.5 Å². The van der Waals surface area contributed by atoms with Crippen molar-refractivity contribution in [3.63, 3.8) is 0 Å². The largest absolute Gasteiger partial charge is 0.356 e. The quantitative estimate of drug-likeness (QED) is 0.121. The minimum atomic E-state index is -0.727. The van der Waals surface area contributed by atoms with Crippen LogP contribution < -0.4 is 20.4 Å². The highest BCUT2D eigenvalue weighted by atomic mass is 35.5. The van der Waals surface area contributed by atoms with Gasteiger partial charge in [0.15, 0.2) is 0 Å². The predicted molar refractivity (Wildman–Crippen MR) is 218 cm³/mol. The van der Waals surface area contributed by atoms with E-state index in [1.165, 1.54) is 18.2 Å². The van der Waals surface area contributed by atoms with Gasteiger partial charge in [0, 0.05) is 89.2 Å². The van der Waals surface area contributed by atoms with Crippen LogP contribution in [0.2, 0.25) is 10.0 Å². The van der Waals surface area contributed by atoms with Gasteiger partial charge in [-0.1, -0.05) is 29.3 Å². The number of carbonyl (C=O) groups excluding carboxylic acids is 2. The molecule has 0 unspecified atom stereocenters. The summed E-state index contributed by atoms with van der Waals surface area (Å²) < 4.78 is 27.1. The van der Waals surface area contributed by atoms with Crippen LogP contribution in [0.25, 0.3) is 21.5 Å². The zero-order valence-corrected chi connectivity index (χ0v) is 32.0. The summed E-state index contributed by atoms with van der Waals surface area (Å²) in [6, 6.07) is 23.9. The number of hydrogen-bond donors (Lipinski definition) is 2. The van der Waals surface area contributed by atoms with Gasteiger partial charge in [0.05, 0.1) is 10.5 Å². The smallest absolute Gasteiger partial charge is 0.270 e. The maximum absolute atomic E-state index is 13.8. The van der Waals surface area contributed by atoms with Crippen LogP contribution in [0.3, 0.4) is 0 Å². The molecule has 2 saturated heterocycles. The Morgan fingerprint density at radius 1 is 0.684 bits per heavy atom. The lowest BCUT2D eigenvalue weighted by molar-refractivity contribution is -0.384. The van der Waals surface area contributed by atoms with Crippen LogP contribution in [0.4, 0.5) is 26.1 Å². The molecule has 2 amide bonds. The number of aromatic nitrogens is 2. The summed E-state index contributed by atoms with van der Waals surface area (Å²) in [6.45, 7) is 2.92. The number of nitro groups is 1. The second-order valence-corrected chi connectivity index (χ2v) is 14.8. The third kappa shape index (κ3) is 9.38. The number of benzene rings is 4. The molecule has 0 atom stereocenters. The molecule has 0 radical (unpaired) electrons. The van der Waals surface area contributed by atoms with Crippen molar-refractivity contribution in [1.82, 2.24) is 20.6 Å². The number of anilines is 2. The number of nitrogens with zero attached hydrogens (tertiary/aromatic N) is 5. The molecule has 6 aromatic rings. The summed E-state index contributed by atoms with van der Waals surface area (Å²) in [6.07, 6.45) is 6.46. The molecule has 0 saturated carbocycles. The predicted octanol–water partition coefficient (Wildman–Crippen LogP) is 8.76. The average Bonchev–Trinajstić information content (AvgIpc) is 3.22. The highest BCUT2D eigenvalue weighted by Gasteiger charge is 2.26. The second kappa shape index (κ2) is 17.5. The fourth-order valence-corrected chi connectivity index (χ4v) is 7.57. The van der Waals surface area contributed by atoms with Gasteiger partial charge >= 0.3 is 0 Å². The van der Waals surface area contributed by atoms with Gasteiger partial charge < -0.3 is 20.4 Å². The van der Waals surface area contributed by atoms with Gasteiger partial charge in [-0.05, 0) is 109 Å². The van der Waals surface area contributed by atoms with Crippen molar-refractivity contribution in [2.24, 2.45) is 0 Å². The summed E-state index contributed by atoms with van der Waals surface area (Å²) in [4.78, 5) is 48.6. The van der Waals surface area contributed by atoms with Crippen LogP contribution in [0.1, 0.15) is 46.4 Å². The summed E-state index contributed by atoms with van der Waals surface area (Å²) in [5.74, 6) is -0.436. The monoisotopic (exact) mass is 811 g/mol. The zero-order valence-electron chi connectivity index (χ0n) is 30.5. The molecule has 2 aliphatic heterocycles. The first-order valence-electron chi connectivity index (χ1n) is 18.4. The van der Waals surface area contributed by atoms with E-state index < -0.39 is 22.5 Å². The number of nitrogens with one attached hydrogen (secondary N) is 2. The lowest BCUT2D eigenvalue weighted by Gasteiger charge is -2.33. The highest BCUT2D eigenvalue weighted by Crippen LogP contribution is 2.30. The van der Waals surface area contributed by atoms with Crippen molar-refractivity contribution in [2.45, 2.75) is 37.8 Å². The topological polar surface area (TPSA) is 134 Å². The van der Waals surface area contributed by atoms with Crippen molar-refractivity contribution in [1.29, 1.82) is 0 Å². The Balaban J connectivity index is 0.000000174. The lowest BCUT2D eigenvalue weighted by Crippen LogP contribution is -2.45. The maximum Gasteiger partial charge on any atom is 0.270 e. The Morgan fingerprint density at radius 2 is 1.21 bits per heavy atom. The average molecular weight is 813 g/mol. The fourth-order valence-electron chi connectivity index (χ4n) is 7.20. The van der Waals surface area contributed by atoms with Crippen LogP contribution in [0.5, 0.6) is 0 Å². The molecule has 0 spiro atoms. The van der Waals surface area contributed by atoms with Crippen LogP contribution in [-0.4, -0.2) is 65.0 Å². The van der Waals surface area contributed by atoms with Crippen molar-refractivity contribution in [2.75, 3.05) is 36.0 Å². The van der Waals surface area contributed by atoms with E-state index in [0.29, 0.717) is 41.5 Å². The number of nitro benzene ring substituents is 1. The van der Waals surface area contributed by atoms with Crippen LogP contribution in [0, 0.1) is 21.7 Å². The molecule has 2 aliphatic rings.